The number of nitrogens with one attached hydrogen (secondary N) is 6. The molecule has 0 bridgehead atoms. The van der Waals surface area contributed by atoms with E-state index >= 15 is 0 Å². The molecule has 13 N–H and O–H groups in total. The van der Waals surface area contributed by atoms with E-state index in [1.165, 1.54) is 33.9 Å². The number of aliphatic imine (C=N–C) groups is 1. The topological polar surface area (TPSA) is 354 Å². The molecule has 3 rings (SSSR count). The van der Waals surface area contributed by atoms with Gasteiger partial charge in [0.2, 0.25) is 35.4 Å². The molecule has 10 unspecified atom stereocenters. The Kier molecular flexibility index (Phi) is 23.5. The van der Waals surface area contributed by atoms with Crippen LogP contribution in [0.2, 0.25) is 0 Å². The van der Waals surface area contributed by atoms with Gasteiger partial charge in [-0.15, -0.1) is 0 Å². The van der Waals surface area contributed by atoms with Crippen molar-refractivity contribution in [1.29, 1.82) is 0 Å². The molecule has 2 aromatic rings. The highest BCUT2D eigenvalue weighted by Crippen LogP contribution is 2.17. The van der Waals surface area contributed by atoms with E-state index in [9.17, 15) is 58.5 Å². The average Bonchev–Trinajstić information content (AvgIpc) is 3.34. The summed E-state index contributed by atoms with van der Waals surface area (Å²) in [6.45, 7) is 11.1. The number of allylic oxidation sites excluding steroid dienone is 2. The van der Waals surface area contributed by atoms with E-state index < -0.39 is 126 Å². The number of carboxylic acids is 2. The van der Waals surface area contributed by atoms with Crippen LogP contribution in [-0.4, -0.2) is 135 Å². The summed E-state index contributed by atoms with van der Waals surface area (Å²) >= 11 is 0. The highest BCUT2D eigenvalue weighted by Gasteiger charge is 2.37. The molecule has 1 fully saturated rings. The Labute approximate surface area is 424 Å². The van der Waals surface area contributed by atoms with E-state index in [1.54, 1.807) is 49.4 Å². The van der Waals surface area contributed by atoms with E-state index in [4.69, 9.17) is 11.5 Å². The number of amides is 7. The summed E-state index contributed by atoms with van der Waals surface area (Å²) < 4.78 is 0. The zero-order valence-electron chi connectivity index (χ0n) is 42.0. The van der Waals surface area contributed by atoms with Crippen molar-refractivity contribution in [2.24, 2.45) is 34.2 Å². The molecule has 0 aromatic heterocycles. The number of nitrogens with zero attached hydrogens (tertiary/aromatic N) is 2. The number of aliphatic hydroxyl groups excluding tert-OH is 1. The second kappa shape index (κ2) is 28.8. The molecule has 73 heavy (non-hydrogen) atoms. The summed E-state index contributed by atoms with van der Waals surface area (Å²) in [6.07, 6.45) is 3.29. The van der Waals surface area contributed by atoms with Gasteiger partial charge < -0.3 is 63.6 Å². The van der Waals surface area contributed by atoms with Gasteiger partial charge in [0, 0.05) is 32.4 Å². The van der Waals surface area contributed by atoms with Gasteiger partial charge in [0.15, 0.2) is 5.96 Å². The van der Waals surface area contributed by atoms with E-state index in [1.807, 2.05) is 37.3 Å². The predicted molar refractivity (Wildman–Crippen MR) is 270 cm³/mol. The fraction of sp³-hybridized carbons (Fsp3) is 0.451. The lowest BCUT2D eigenvalue weighted by Crippen LogP contribution is -2.59. The second-order valence-corrected chi connectivity index (χ2v) is 18.1. The van der Waals surface area contributed by atoms with Gasteiger partial charge in [-0.2, -0.15) is 0 Å². The van der Waals surface area contributed by atoms with Gasteiger partial charge in [0.1, 0.15) is 35.9 Å². The van der Waals surface area contributed by atoms with Crippen molar-refractivity contribution >= 4 is 59.2 Å². The SMILES string of the molecule is C=C1C(=O)NC(C)C(=O)NC(Cc2ccccc2)C(=O)NC(C(=O)O)C(C)C(=O)NC(CCCN=C(N)N)C(=O)NC(C=CC(C)=CC(C)C(O)Cc2ccccc2)C(C)C(=O)NC(C(=O)O)CCC(=O)N1C. The van der Waals surface area contributed by atoms with Gasteiger partial charge in [-0.1, -0.05) is 112 Å². The predicted octanol–water partition coefficient (Wildman–Crippen LogP) is 0.161. The van der Waals surface area contributed by atoms with Crippen LogP contribution in [0.3, 0.4) is 0 Å². The Bertz CT molecular complexity index is 2390. The lowest BCUT2D eigenvalue weighted by atomic mass is 9.94. The molecule has 1 saturated heterocycles. The molecule has 1 aliphatic rings. The molecule has 10 atom stereocenters. The van der Waals surface area contributed by atoms with Gasteiger partial charge in [0.25, 0.3) is 5.91 Å². The summed E-state index contributed by atoms with van der Waals surface area (Å²) in [7, 11) is 1.20. The first-order chi connectivity index (χ1) is 34.4. The summed E-state index contributed by atoms with van der Waals surface area (Å²) in [4.78, 5) is 127. The Balaban J connectivity index is 2.12. The van der Waals surface area contributed by atoms with E-state index in [0.717, 1.165) is 10.5 Å². The maximum Gasteiger partial charge on any atom is 0.327 e. The fourth-order valence-corrected chi connectivity index (χ4v) is 7.53. The van der Waals surface area contributed by atoms with Crippen LogP contribution in [-0.2, 0) is 56.0 Å². The number of likely N-dealkylation sites (N-methyl/N-ethyl adjacent to an activating group) is 1. The first kappa shape index (κ1) is 59.4. The van der Waals surface area contributed by atoms with Crippen molar-refractivity contribution in [3.63, 3.8) is 0 Å². The minimum atomic E-state index is -1.93. The van der Waals surface area contributed by atoms with E-state index in [2.05, 4.69) is 43.5 Å². The van der Waals surface area contributed by atoms with Gasteiger partial charge >= 0.3 is 11.9 Å². The number of hydrogen-bond donors (Lipinski definition) is 11. The molecule has 396 valence electrons. The molecule has 1 aliphatic heterocycles. The van der Waals surface area contributed by atoms with Crippen LogP contribution in [0.5, 0.6) is 0 Å². The van der Waals surface area contributed by atoms with Gasteiger partial charge in [0.05, 0.1) is 24.0 Å². The normalized spacial score (nSPS) is 24.8. The van der Waals surface area contributed by atoms with Gasteiger partial charge in [-0.05, 0) is 50.7 Å². The van der Waals surface area contributed by atoms with Crippen LogP contribution in [0, 0.1) is 17.8 Å². The summed E-state index contributed by atoms with van der Waals surface area (Å²) in [5, 5.41) is 46.5. The third kappa shape index (κ3) is 19.3. The monoisotopic (exact) mass is 1010 g/mol. The molecule has 0 spiro atoms. The Hall–Kier alpha value is -7.88. The maximum absolute atomic E-state index is 14.4. The number of nitrogens with two attached hydrogens (primary N) is 2. The van der Waals surface area contributed by atoms with Crippen molar-refractivity contribution in [1.82, 2.24) is 36.8 Å². The fourth-order valence-electron chi connectivity index (χ4n) is 7.53. The zero-order valence-corrected chi connectivity index (χ0v) is 42.0. The maximum atomic E-state index is 14.4. The third-order valence-electron chi connectivity index (χ3n) is 12.3. The Morgan fingerprint density at radius 1 is 0.781 bits per heavy atom. The largest absolute Gasteiger partial charge is 0.480 e. The number of aliphatic carboxylic acids is 2. The van der Waals surface area contributed by atoms with Gasteiger partial charge in [-0.3, -0.25) is 38.6 Å². The number of carbonyl (C=O) groups is 9. The third-order valence-corrected chi connectivity index (χ3v) is 12.3. The number of carbonyl (C=O) groups excluding carboxylic acids is 7. The number of carboxylic acid groups (broad SMARTS) is 2. The highest BCUT2D eigenvalue weighted by atomic mass is 16.4. The van der Waals surface area contributed by atoms with Crippen molar-refractivity contribution in [2.45, 2.75) is 115 Å². The molecular formula is C51H70N10O12. The van der Waals surface area contributed by atoms with Crippen molar-refractivity contribution in [3.8, 4) is 0 Å². The molecule has 22 nitrogen and oxygen atoms in total. The molecule has 1 heterocycles. The number of hydrogen-bond acceptors (Lipinski definition) is 11. The first-order valence-corrected chi connectivity index (χ1v) is 23.8. The lowest BCUT2D eigenvalue weighted by Gasteiger charge is -2.28. The molecule has 7 amide bonds. The molecule has 2 aromatic carbocycles. The van der Waals surface area contributed by atoms with Crippen LogP contribution >= 0.6 is 0 Å². The van der Waals surface area contributed by atoms with Crippen LogP contribution in [0.1, 0.15) is 71.4 Å². The minimum Gasteiger partial charge on any atom is -0.480 e. The molecule has 0 aliphatic carbocycles. The summed E-state index contributed by atoms with van der Waals surface area (Å²) in [6, 6.07) is 8.68. The van der Waals surface area contributed by atoms with Gasteiger partial charge in [-0.25, -0.2) is 9.59 Å². The van der Waals surface area contributed by atoms with Crippen LogP contribution < -0.4 is 43.4 Å². The number of rotatable bonds is 14. The highest BCUT2D eigenvalue weighted by molar-refractivity contribution is 6.00. The number of aliphatic hydroxyl groups is 1. The molecule has 0 radical (unpaired) electrons. The van der Waals surface area contributed by atoms with Crippen molar-refractivity contribution < 1.29 is 58.5 Å². The van der Waals surface area contributed by atoms with Crippen LogP contribution in [0.15, 0.2) is 102 Å². The van der Waals surface area contributed by atoms with E-state index in [0.29, 0.717) is 17.6 Å². The standard InChI is InChI=1S/C51H70N10O12/c1-28(25-29(2)40(62)27-35-17-12-9-13-18-35)20-21-36-30(3)43(64)58-38(49(70)71)22-23-41(63)61(7)33(6)46(67)55-32(5)45(66)59-39(26-34-15-10-8-11-16-34)48(69)60-42(50(72)73)31(4)44(65)57-37(47(68)56-36)19-14-24-54-51(52)53/h8-13,15-18,20-21,25,29-32,36-40,42,62H,6,14,19,22-24,26-27H2,1-5,7H3,(H,55,67)(H,56,68)(H,57,65)(H,58,64)(H,59,66)(H,60,69)(H,70,71)(H,72,73)(H4,52,53,54). The Morgan fingerprint density at radius 3 is 1.95 bits per heavy atom. The number of benzene rings is 2. The van der Waals surface area contributed by atoms with E-state index in [-0.39, 0.29) is 37.7 Å². The molecule has 22 heteroatoms. The number of guanidine groups is 1. The lowest BCUT2D eigenvalue weighted by molar-refractivity contribution is -0.146. The van der Waals surface area contributed by atoms with Crippen LogP contribution in [0.4, 0.5) is 0 Å². The zero-order chi connectivity index (χ0) is 54.5. The van der Waals surface area contributed by atoms with Crippen LogP contribution in [0.25, 0.3) is 0 Å². The average molecular weight is 1020 g/mol. The van der Waals surface area contributed by atoms with Crippen molar-refractivity contribution in [2.75, 3.05) is 13.6 Å². The summed E-state index contributed by atoms with van der Waals surface area (Å²) in [5.74, 6) is -12.9. The summed E-state index contributed by atoms with van der Waals surface area (Å²) in [5.41, 5.74) is 12.7. The smallest absolute Gasteiger partial charge is 0.327 e. The first-order valence-electron chi connectivity index (χ1n) is 23.8. The van der Waals surface area contributed by atoms with Crippen molar-refractivity contribution in [3.05, 3.63) is 108 Å². The molecule has 0 saturated carbocycles. The molecular weight excluding hydrogens is 945 g/mol. The Morgan fingerprint density at radius 2 is 1.36 bits per heavy atom. The second-order valence-electron chi connectivity index (χ2n) is 18.1. The minimum absolute atomic E-state index is 0.00554. The quantitative estimate of drug-likeness (QED) is 0.0395.